The van der Waals surface area contributed by atoms with Crippen LogP contribution < -0.4 is 0 Å². The van der Waals surface area contributed by atoms with Gasteiger partial charge in [-0.2, -0.15) is 18.3 Å². The van der Waals surface area contributed by atoms with Crippen LogP contribution in [0.3, 0.4) is 0 Å². The van der Waals surface area contributed by atoms with Crippen molar-refractivity contribution in [3.05, 3.63) is 30.1 Å². The summed E-state index contributed by atoms with van der Waals surface area (Å²) in [7, 11) is 0. The van der Waals surface area contributed by atoms with Gasteiger partial charge in [0.2, 0.25) is 0 Å². The number of hydrogen-bond donors (Lipinski definition) is 1. The number of aliphatic carboxylic acids is 1. The molecule has 1 aromatic rings. The van der Waals surface area contributed by atoms with E-state index < -0.39 is 17.8 Å². The van der Waals surface area contributed by atoms with Crippen LogP contribution in [0.5, 0.6) is 0 Å². The molecular weight excluding hydrogens is 213 g/mol. The maximum absolute atomic E-state index is 12.1. The summed E-state index contributed by atoms with van der Waals surface area (Å²) in [4.78, 5) is 10.3. The molecular formula is C8H7F3N2O2. The molecule has 0 aliphatic carbocycles. The average molecular weight is 220 g/mol. The predicted octanol–water partition coefficient (Wildman–Crippen LogP) is 1.54. The Morgan fingerprint density at radius 1 is 1.60 bits per heavy atom. The van der Waals surface area contributed by atoms with Gasteiger partial charge < -0.3 is 5.11 Å². The van der Waals surface area contributed by atoms with Crippen molar-refractivity contribution in [1.29, 1.82) is 0 Å². The van der Waals surface area contributed by atoms with Gasteiger partial charge in [0.1, 0.15) is 0 Å². The van der Waals surface area contributed by atoms with Crippen LogP contribution in [0.4, 0.5) is 13.2 Å². The number of carboxylic acid groups (broad SMARTS) is 1. The number of alkyl halides is 3. The van der Waals surface area contributed by atoms with E-state index in [2.05, 4.69) is 11.7 Å². The summed E-state index contributed by atoms with van der Waals surface area (Å²) in [5.74, 6) is -1.26. The first-order valence-electron chi connectivity index (χ1n) is 3.82. The molecule has 0 radical (unpaired) electrons. The Morgan fingerprint density at radius 2 is 2.20 bits per heavy atom. The van der Waals surface area contributed by atoms with Crippen molar-refractivity contribution in [1.82, 2.24) is 9.78 Å². The monoisotopic (exact) mass is 220 g/mol. The summed E-state index contributed by atoms with van der Waals surface area (Å²) in [5.41, 5.74) is -1.28. The van der Waals surface area contributed by atoms with Crippen molar-refractivity contribution in [2.75, 3.05) is 0 Å². The van der Waals surface area contributed by atoms with E-state index >= 15 is 0 Å². The van der Waals surface area contributed by atoms with Gasteiger partial charge in [-0.3, -0.25) is 4.68 Å². The molecule has 82 valence electrons. The molecule has 0 fully saturated rings. The lowest BCUT2D eigenvalue weighted by molar-refractivity contribution is -0.141. The van der Waals surface area contributed by atoms with E-state index in [0.29, 0.717) is 0 Å². The van der Waals surface area contributed by atoms with Crippen molar-refractivity contribution in [3.63, 3.8) is 0 Å². The van der Waals surface area contributed by atoms with Crippen molar-refractivity contribution in [2.24, 2.45) is 0 Å². The smallest absolute Gasteiger partial charge is 0.435 e. The van der Waals surface area contributed by atoms with E-state index in [1.165, 1.54) is 0 Å². The topological polar surface area (TPSA) is 55.1 Å². The molecule has 0 aromatic carbocycles. The Morgan fingerprint density at radius 3 is 2.60 bits per heavy atom. The number of hydrogen-bond acceptors (Lipinski definition) is 2. The van der Waals surface area contributed by atoms with E-state index in [4.69, 9.17) is 5.11 Å². The lowest BCUT2D eigenvalue weighted by Crippen LogP contribution is -2.11. The number of halogens is 3. The third kappa shape index (κ3) is 2.83. The first kappa shape index (κ1) is 11.3. The van der Waals surface area contributed by atoms with Gasteiger partial charge in [0.05, 0.1) is 12.1 Å². The first-order valence-corrected chi connectivity index (χ1v) is 3.82. The van der Waals surface area contributed by atoms with Crippen molar-refractivity contribution >= 4 is 5.97 Å². The Kier molecular flexibility index (Phi) is 2.83. The first-order chi connectivity index (χ1) is 6.80. The molecule has 1 N–H and O–H groups in total. The van der Waals surface area contributed by atoms with Gasteiger partial charge >= 0.3 is 12.1 Å². The minimum absolute atomic E-state index is 0.230. The summed E-state index contributed by atoms with van der Waals surface area (Å²) in [6.07, 6.45) is -3.47. The molecule has 0 atom stereocenters. The van der Waals surface area contributed by atoms with Crippen LogP contribution in [-0.4, -0.2) is 20.9 Å². The lowest BCUT2D eigenvalue weighted by Gasteiger charge is -2.02. The zero-order valence-corrected chi connectivity index (χ0v) is 7.45. The van der Waals surface area contributed by atoms with Crippen LogP contribution in [0.1, 0.15) is 5.69 Å². The fourth-order valence-electron chi connectivity index (χ4n) is 0.864. The molecule has 0 unspecified atom stereocenters. The molecule has 7 heteroatoms. The third-order valence-corrected chi connectivity index (χ3v) is 1.59. The van der Waals surface area contributed by atoms with E-state index in [1.54, 1.807) is 0 Å². The Bertz CT molecular complexity index is 395. The normalized spacial score (nSPS) is 11.4. The number of aromatic nitrogens is 2. The number of carboxylic acids is 1. The van der Waals surface area contributed by atoms with E-state index in [0.717, 1.165) is 16.9 Å². The third-order valence-electron chi connectivity index (χ3n) is 1.59. The highest BCUT2D eigenvalue weighted by Crippen LogP contribution is 2.27. The molecule has 1 heterocycles. The Labute approximate surface area is 82.6 Å². The van der Waals surface area contributed by atoms with Crippen LogP contribution in [0.2, 0.25) is 0 Å². The molecule has 0 spiro atoms. The quantitative estimate of drug-likeness (QED) is 0.786. The van der Waals surface area contributed by atoms with Crippen LogP contribution in [0.15, 0.2) is 24.4 Å². The predicted molar refractivity (Wildman–Crippen MR) is 44.0 cm³/mol. The summed E-state index contributed by atoms with van der Waals surface area (Å²) < 4.78 is 37.1. The maximum Gasteiger partial charge on any atom is 0.435 e. The van der Waals surface area contributed by atoms with Crippen LogP contribution in [0, 0.1) is 0 Å². The van der Waals surface area contributed by atoms with Gasteiger partial charge in [-0.05, 0) is 6.07 Å². The highest BCUT2D eigenvalue weighted by atomic mass is 19.4. The molecule has 0 bridgehead atoms. The van der Waals surface area contributed by atoms with Crippen LogP contribution in [0.25, 0.3) is 0 Å². The summed E-state index contributed by atoms with van der Waals surface area (Å²) in [5, 5.41) is 11.6. The average Bonchev–Trinajstić information content (AvgIpc) is 2.51. The summed E-state index contributed by atoms with van der Waals surface area (Å²) >= 11 is 0. The Hall–Kier alpha value is -1.79. The fourth-order valence-corrected chi connectivity index (χ4v) is 0.864. The minimum atomic E-state index is -4.52. The molecule has 15 heavy (non-hydrogen) atoms. The Balaban J connectivity index is 2.78. The molecule has 0 amide bonds. The van der Waals surface area contributed by atoms with Crippen molar-refractivity contribution in [3.8, 4) is 0 Å². The van der Waals surface area contributed by atoms with Gasteiger partial charge in [-0.15, -0.1) is 0 Å². The van der Waals surface area contributed by atoms with Crippen molar-refractivity contribution < 1.29 is 23.1 Å². The van der Waals surface area contributed by atoms with Gasteiger partial charge in [0.25, 0.3) is 0 Å². The van der Waals surface area contributed by atoms with E-state index in [1.807, 2.05) is 0 Å². The standard InChI is InChI=1S/C8H7F3N2O2/c1-5(7(14)15)4-13-3-2-6(12-13)8(9,10)11/h2-3H,1,4H2,(H,14,15). The zero-order chi connectivity index (χ0) is 11.6. The second-order valence-electron chi connectivity index (χ2n) is 2.81. The largest absolute Gasteiger partial charge is 0.478 e. The highest BCUT2D eigenvalue weighted by Gasteiger charge is 2.33. The molecule has 0 saturated carbocycles. The molecule has 0 aliphatic heterocycles. The summed E-state index contributed by atoms with van der Waals surface area (Å²) in [6.45, 7) is 2.91. The van der Waals surface area contributed by atoms with Gasteiger partial charge in [0.15, 0.2) is 5.69 Å². The molecule has 0 saturated heterocycles. The fraction of sp³-hybridized carbons (Fsp3) is 0.250. The van der Waals surface area contributed by atoms with Crippen molar-refractivity contribution in [2.45, 2.75) is 12.7 Å². The van der Waals surface area contributed by atoms with E-state index in [9.17, 15) is 18.0 Å². The molecule has 1 aromatic heterocycles. The molecule has 1 rings (SSSR count). The van der Waals surface area contributed by atoms with Gasteiger partial charge in [0, 0.05) is 6.20 Å². The number of rotatable bonds is 3. The number of carbonyl (C=O) groups is 1. The van der Waals surface area contributed by atoms with Gasteiger partial charge in [-0.1, -0.05) is 6.58 Å². The minimum Gasteiger partial charge on any atom is -0.478 e. The zero-order valence-electron chi connectivity index (χ0n) is 7.45. The number of nitrogens with zero attached hydrogens (tertiary/aromatic N) is 2. The summed E-state index contributed by atoms with van der Waals surface area (Å²) in [6, 6.07) is 0.773. The second kappa shape index (κ2) is 3.76. The second-order valence-corrected chi connectivity index (χ2v) is 2.81. The van der Waals surface area contributed by atoms with Gasteiger partial charge in [-0.25, -0.2) is 4.79 Å². The highest BCUT2D eigenvalue weighted by molar-refractivity contribution is 5.85. The lowest BCUT2D eigenvalue weighted by atomic mass is 10.3. The SMILES string of the molecule is C=C(Cn1ccc(C(F)(F)F)n1)C(=O)O. The van der Waals surface area contributed by atoms with E-state index in [-0.39, 0.29) is 12.1 Å². The van der Waals surface area contributed by atoms with Crippen LogP contribution in [-0.2, 0) is 17.5 Å². The molecule has 0 aliphatic rings. The van der Waals surface area contributed by atoms with Crippen LogP contribution >= 0.6 is 0 Å². The molecule has 4 nitrogen and oxygen atoms in total. The maximum atomic E-state index is 12.1.